The number of nitrogens with one attached hydrogen (secondary N) is 1. The van der Waals surface area contributed by atoms with Crippen LogP contribution in [0.2, 0.25) is 0 Å². The van der Waals surface area contributed by atoms with Crippen molar-refractivity contribution in [1.82, 2.24) is 4.98 Å². The molecule has 1 aromatic heterocycles. The number of halogens is 2. The van der Waals surface area contributed by atoms with E-state index in [0.717, 1.165) is 10.6 Å². The maximum Gasteiger partial charge on any atom is 0.586 e. The summed E-state index contributed by atoms with van der Waals surface area (Å²) in [6.45, 7) is 2.51. The molecular weight excluding hydrogens is 274 g/mol. The summed E-state index contributed by atoms with van der Waals surface area (Å²) in [7, 11) is 0. The first kappa shape index (κ1) is 12.2. The zero-order chi connectivity index (χ0) is 13.5. The Bertz CT molecular complexity index is 616. The summed E-state index contributed by atoms with van der Waals surface area (Å²) < 4.78 is 34.4. The number of hydrogen-bond donors (Lipinski definition) is 1. The van der Waals surface area contributed by atoms with Crippen LogP contribution in [0.4, 0.5) is 14.5 Å². The first-order valence-electron chi connectivity index (χ1n) is 5.56. The highest BCUT2D eigenvalue weighted by Gasteiger charge is 2.43. The number of hydrogen-bond acceptors (Lipinski definition) is 5. The number of aryl methyl sites for hydroxylation is 1. The van der Waals surface area contributed by atoms with Gasteiger partial charge in [-0.1, -0.05) is 0 Å². The smallest absolute Gasteiger partial charge is 0.395 e. The van der Waals surface area contributed by atoms with Crippen LogP contribution in [0.15, 0.2) is 23.7 Å². The predicted octanol–water partition coefficient (Wildman–Crippen LogP) is 3.39. The molecule has 0 fully saturated rings. The normalized spacial score (nSPS) is 15.5. The Labute approximate surface area is 112 Å². The number of nitrogens with zero attached hydrogens (tertiary/aromatic N) is 1. The molecule has 3 rings (SSSR count). The van der Waals surface area contributed by atoms with Gasteiger partial charge in [-0.05, 0) is 19.1 Å². The third-order valence-electron chi connectivity index (χ3n) is 2.70. The molecule has 0 atom stereocenters. The van der Waals surface area contributed by atoms with Crippen molar-refractivity contribution in [3.63, 3.8) is 0 Å². The molecule has 1 aliphatic heterocycles. The van der Waals surface area contributed by atoms with Crippen LogP contribution in [-0.2, 0) is 6.54 Å². The van der Waals surface area contributed by atoms with E-state index in [4.69, 9.17) is 0 Å². The van der Waals surface area contributed by atoms with Gasteiger partial charge in [0, 0.05) is 16.6 Å². The van der Waals surface area contributed by atoms with E-state index in [1.54, 1.807) is 22.9 Å². The molecule has 0 aliphatic carbocycles. The average Bonchev–Trinajstić information content (AvgIpc) is 2.87. The van der Waals surface area contributed by atoms with E-state index < -0.39 is 6.29 Å². The van der Waals surface area contributed by atoms with Crippen molar-refractivity contribution in [1.29, 1.82) is 0 Å². The highest BCUT2D eigenvalue weighted by molar-refractivity contribution is 7.09. The van der Waals surface area contributed by atoms with Gasteiger partial charge in [-0.3, -0.25) is 0 Å². The summed E-state index contributed by atoms with van der Waals surface area (Å²) in [5.41, 5.74) is 3.42. The topological polar surface area (TPSA) is 43.4 Å². The van der Waals surface area contributed by atoms with Crippen LogP contribution in [0, 0.1) is 6.92 Å². The van der Waals surface area contributed by atoms with E-state index in [-0.39, 0.29) is 11.5 Å². The molecule has 0 radical (unpaired) electrons. The van der Waals surface area contributed by atoms with Crippen molar-refractivity contribution >= 4 is 17.0 Å². The molecule has 100 valence electrons. The predicted molar refractivity (Wildman–Crippen MR) is 66.8 cm³/mol. The molecule has 0 saturated heterocycles. The number of ether oxygens (including phenoxy) is 2. The maximum absolute atomic E-state index is 12.9. The first-order chi connectivity index (χ1) is 9.03. The van der Waals surface area contributed by atoms with Crippen LogP contribution in [0.1, 0.15) is 10.6 Å². The molecule has 4 nitrogen and oxygen atoms in total. The lowest BCUT2D eigenvalue weighted by Gasteiger charge is -2.06. The van der Waals surface area contributed by atoms with Crippen LogP contribution < -0.4 is 14.8 Å². The van der Waals surface area contributed by atoms with Gasteiger partial charge in [-0.25, -0.2) is 4.98 Å². The molecule has 2 heterocycles. The number of alkyl halides is 2. The van der Waals surface area contributed by atoms with Crippen molar-refractivity contribution in [2.45, 2.75) is 19.8 Å². The van der Waals surface area contributed by atoms with Crippen molar-refractivity contribution in [2.24, 2.45) is 0 Å². The molecule has 0 amide bonds. The van der Waals surface area contributed by atoms with Gasteiger partial charge in [0.2, 0.25) is 0 Å². The molecular formula is C12H10F2N2O2S. The van der Waals surface area contributed by atoms with Crippen LogP contribution in [0.5, 0.6) is 11.5 Å². The average molecular weight is 284 g/mol. The fourth-order valence-corrected chi connectivity index (χ4v) is 2.45. The van der Waals surface area contributed by atoms with E-state index in [2.05, 4.69) is 19.8 Å². The Kier molecular flexibility index (Phi) is 2.78. The third-order valence-corrected chi connectivity index (χ3v) is 3.63. The van der Waals surface area contributed by atoms with Gasteiger partial charge in [0.25, 0.3) is 0 Å². The quantitative estimate of drug-likeness (QED) is 0.938. The van der Waals surface area contributed by atoms with Crippen LogP contribution in [-0.4, -0.2) is 11.3 Å². The highest BCUT2D eigenvalue weighted by atomic mass is 32.1. The van der Waals surface area contributed by atoms with Crippen molar-refractivity contribution in [2.75, 3.05) is 5.32 Å². The number of aromatic nitrogens is 1. The Morgan fingerprint density at radius 1 is 1.32 bits per heavy atom. The Balaban J connectivity index is 1.72. The molecule has 0 bridgehead atoms. The van der Waals surface area contributed by atoms with E-state index in [1.165, 1.54) is 12.1 Å². The Hall–Kier alpha value is -1.89. The van der Waals surface area contributed by atoms with Gasteiger partial charge >= 0.3 is 6.29 Å². The van der Waals surface area contributed by atoms with E-state index in [9.17, 15) is 8.78 Å². The molecule has 19 heavy (non-hydrogen) atoms. The second-order valence-corrected chi connectivity index (χ2v) is 4.98. The number of fused-ring (bicyclic) bond motifs is 1. The number of rotatable bonds is 3. The zero-order valence-electron chi connectivity index (χ0n) is 9.94. The van der Waals surface area contributed by atoms with E-state index in [0.29, 0.717) is 12.2 Å². The largest absolute Gasteiger partial charge is 0.586 e. The van der Waals surface area contributed by atoms with Crippen molar-refractivity contribution in [3.05, 3.63) is 34.3 Å². The maximum atomic E-state index is 12.9. The second-order valence-electron chi connectivity index (χ2n) is 4.04. The minimum Gasteiger partial charge on any atom is -0.395 e. The monoisotopic (exact) mass is 284 g/mol. The summed E-state index contributed by atoms with van der Waals surface area (Å²) >= 11 is 1.54. The Morgan fingerprint density at radius 3 is 2.84 bits per heavy atom. The van der Waals surface area contributed by atoms with Crippen LogP contribution >= 0.6 is 11.3 Å². The number of benzene rings is 1. The van der Waals surface area contributed by atoms with Gasteiger partial charge < -0.3 is 14.8 Å². The van der Waals surface area contributed by atoms with Crippen LogP contribution in [0.25, 0.3) is 0 Å². The standard InChI is InChI=1S/C12H10F2N2O2S/c1-7-11(19-6-16-7)5-15-8-2-3-9-10(4-8)18-12(13,14)17-9/h2-4,6,15H,5H2,1H3. The summed E-state index contributed by atoms with van der Waals surface area (Å²) in [5, 5.41) is 3.13. The molecule has 2 aromatic rings. The fourth-order valence-electron chi connectivity index (χ4n) is 1.74. The lowest BCUT2D eigenvalue weighted by molar-refractivity contribution is -0.286. The fraction of sp³-hybridized carbons (Fsp3) is 0.250. The summed E-state index contributed by atoms with van der Waals surface area (Å²) in [4.78, 5) is 5.24. The van der Waals surface area contributed by atoms with Crippen molar-refractivity contribution < 1.29 is 18.3 Å². The lowest BCUT2D eigenvalue weighted by Crippen LogP contribution is -2.25. The number of thiazole rings is 1. The second kappa shape index (κ2) is 4.34. The highest BCUT2D eigenvalue weighted by Crippen LogP contribution is 2.42. The number of anilines is 1. The van der Waals surface area contributed by atoms with Gasteiger partial charge in [0.1, 0.15) is 0 Å². The minimum absolute atomic E-state index is 0.0380. The van der Waals surface area contributed by atoms with Gasteiger partial charge in [-0.2, -0.15) is 0 Å². The SMILES string of the molecule is Cc1ncsc1CNc1ccc2c(c1)OC(F)(F)O2. The van der Waals surface area contributed by atoms with Crippen molar-refractivity contribution in [3.8, 4) is 11.5 Å². The molecule has 7 heteroatoms. The molecule has 1 aromatic carbocycles. The molecule has 0 spiro atoms. The summed E-state index contributed by atoms with van der Waals surface area (Å²) in [5.74, 6) is 0.0838. The molecule has 1 aliphatic rings. The third kappa shape index (κ3) is 2.46. The van der Waals surface area contributed by atoms with Gasteiger partial charge in [0.15, 0.2) is 11.5 Å². The molecule has 1 N–H and O–H groups in total. The van der Waals surface area contributed by atoms with Gasteiger partial charge in [-0.15, -0.1) is 20.1 Å². The first-order valence-corrected chi connectivity index (χ1v) is 6.44. The molecule has 0 unspecified atom stereocenters. The van der Waals surface area contributed by atoms with E-state index >= 15 is 0 Å². The summed E-state index contributed by atoms with van der Waals surface area (Å²) in [6, 6.07) is 4.62. The lowest BCUT2D eigenvalue weighted by atomic mass is 10.2. The van der Waals surface area contributed by atoms with Gasteiger partial charge in [0.05, 0.1) is 17.7 Å². The zero-order valence-corrected chi connectivity index (χ0v) is 10.8. The summed E-state index contributed by atoms with van der Waals surface area (Å²) in [6.07, 6.45) is -3.57. The van der Waals surface area contributed by atoms with E-state index in [1.807, 2.05) is 6.92 Å². The van der Waals surface area contributed by atoms with Crippen LogP contribution in [0.3, 0.4) is 0 Å². The minimum atomic E-state index is -3.57. The Morgan fingerprint density at radius 2 is 2.11 bits per heavy atom. The molecule has 0 saturated carbocycles.